The minimum absolute atomic E-state index is 0.163. The first-order valence-corrected chi connectivity index (χ1v) is 13.5. The van der Waals surface area contributed by atoms with Crippen molar-refractivity contribution in [2.75, 3.05) is 11.6 Å². The molecule has 2 unspecified atom stereocenters. The van der Waals surface area contributed by atoms with E-state index in [2.05, 4.69) is 146 Å². The van der Waals surface area contributed by atoms with Gasteiger partial charge in [-0.15, -0.1) is 0 Å². The zero-order valence-corrected chi connectivity index (χ0v) is 22.2. The number of para-hydroxylation sites is 2. The first-order valence-electron chi connectivity index (χ1n) is 13.5. The first kappa shape index (κ1) is 23.5. The lowest BCUT2D eigenvalue weighted by Crippen LogP contribution is -2.39. The third kappa shape index (κ3) is 4.03. The Labute approximate surface area is 221 Å². The molecule has 186 valence electrons. The Morgan fingerprint density at radius 2 is 1.24 bits per heavy atom. The van der Waals surface area contributed by atoms with Crippen LogP contribution in [0.25, 0.3) is 0 Å². The molecule has 2 heterocycles. The SMILES string of the molecule is CC(C)c1cccc(C(C)C)c1N1C[N+]2=C(NC(c3ccccc3)C2c2ccccc2)c2ccccc21. The Hall–Kier alpha value is -3.85. The Balaban J connectivity index is 1.56. The van der Waals surface area contributed by atoms with Crippen LogP contribution in [0.1, 0.15) is 79.4 Å². The summed E-state index contributed by atoms with van der Waals surface area (Å²) >= 11 is 0. The number of hydrogen-bond acceptors (Lipinski definition) is 2. The zero-order chi connectivity index (χ0) is 25.5. The topological polar surface area (TPSA) is 18.3 Å². The van der Waals surface area contributed by atoms with E-state index in [1.807, 2.05) is 0 Å². The summed E-state index contributed by atoms with van der Waals surface area (Å²) in [5.74, 6) is 2.09. The van der Waals surface area contributed by atoms with Crippen LogP contribution in [0, 0.1) is 0 Å². The second-order valence-electron chi connectivity index (χ2n) is 10.9. The Morgan fingerprint density at radius 3 is 1.86 bits per heavy atom. The van der Waals surface area contributed by atoms with Gasteiger partial charge in [-0.05, 0) is 35.1 Å². The van der Waals surface area contributed by atoms with Gasteiger partial charge in [0.25, 0.3) is 5.84 Å². The Bertz CT molecular complexity index is 1410. The maximum absolute atomic E-state index is 3.98. The van der Waals surface area contributed by atoms with Gasteiger partial charge in [0, 0.05) is 11.1 Å². The first-order chi connectivity index (χ1) is 18.0. The monoisotopic (exact) mass is 486 g/mol. The van der Waals surface area contributed by atoms with Gasteiger partial charge < -0.3 is 4.90 Å². The van der Waals surface area contributed by atoms with Crippen molar-refractivity contribution < 1.29 is 4.58 Å². The average Bonchev–Trinajstić information content (AvgIpc) is 3.33. The summed E-state index contributed by atoms with van der Waals surface area (Å²) in [6.07, 6.45) is 0. The highest BCUT2D eigenvalue weighted by Crippen LogP contribution is 2.45. The van der Waals surface area contributed by atoms with E-state index in [9.17, 15) is 0 Å². The molecule has 3 heteroatoms. The lowest BCUT2D eigenvalue weighted by atomic mass is 9.91. The normalized spacial score (nSPS) is 18.7. The smallest absolute Gasteiger partial charge is 0.282 e. The van der Waals surface area contributed by atoms with E-state index in [0.717, 1.165) is 6.67 Å². The summed E-state index contributed by atoms with van der Waals surface area (Å²) in [5.41, 5.74) is 9.37. The third-order valence-electron chi connectivity index (χ3n) is 7.89. The van der Waals surface area contributed by atoms with E-state index in [4.69, 9.17) is 0 Å². The molecule has 0 spiro atoms. The average molecular weight is 487 g/mol. The van der Waals surface area contributed by atoms with E-state index in [1.165, 1.54) is 45.0 Å². The number of amidine groups is 1. The number of hydrogen-bond donors (Lipinski definition) is 1. The van der Waals surface area contributed by atoms with Crippen molar-refractivity contribution in [1.82, 2.24) is 5.32 Å². The summed E-state index contributed by atoms with van der Waals surface area (Å²) < 4.78 is 2.59. The molecule has 2 aliphatic rings. The number of anilines is 2. The highest BCUT2D eigenvalue weighted by Gasteiger charge is 2.47. The van der Waals surface area contributed by atoms with Crippen LogP contribution in [-0.2, 0) is 0 Å². The van der Waals surface area contributed by atoms with Gasteiger partial charge in [-0.3, -0.25) is 5.32 Å². The fraction of sp³-hybridized carbons (Fsp3) is 0.265. The van der Waals surface area contributed by atoms with Crippen LogP contribution in [0.3, 0.4) is 0 Å². The van der Waals surface area contributed by atoms with Gasteiger partial charge in [0.15, 0.2) is 18.8 Å². The van der Waals surface area contributed by atoms with Gasteiger partial charge in [-0.25, -0.2) is 4.58 Å². The van der Waals surface area contributed by atoms with Crippen molar-refractivity contribution in [2.24, 2.45) is 0 Å². The van der Waals surface area contributed by atoms with Gasteiger partial charge in [-0.2, -0.15) is 0 Å². The molecular formula is C34H36N3+. The second kappa shape index (κ2) is 9.55. The molecule has 4 aromatic carbocycles. The number of nitrogens with one attached hydrogen (secondary N) is 1. The summed E-state index contributed by atoms with van der Waals surface area (Å²) in [6, 6.07) is 38.0. The van der Waals surface area contributed by atoms with Gasteiger partial charge in [0.05, 0.1) is 16.9 Å². The largest absolute Gasteiger partial charge is 0.303 e. The molecule has 0 saturated carbocycles. The number of benzene rings is 4. The summed E-state index contributed by atoms with van der Waals surface area (Å²) in [5, 5.41) is 3.98. The summed E-state index contributed by atoms with van der Waals surface area (Å²) in [4.78, 5) is 2.58. The number of rotatable bonds is 5. The van der Waals surface area contributed by atoms with Crippen molar-refractivity contribution >= 4 is 17.2 Å². The molecule has 3 nitrogen and oxygen atoms in total. The molecule has 2 atom stereocenters. The molecule has 4 aromatic rings. The van der Waals surface area contributed by atoms with Crippen LogP contribution in [0.5, 0.6) is 0 Å². The van der Waals surface area contributed by atoms with Crippen molar-refractivity contribution in [1.29, 1.82) is 0 Å². The predicted molar refractivity (Wildman–Crippen MR) is 154 cm³/mol. The molecule has 6 rings (SSSR count). The molecule has 0 amide bonds. The van der Waals surface area contributed by atoms with Crippen LogP contribution in [0.4, 0.5) is 11.4 Å². The van der Waals surface area contributed by atoms with Crippen LogP contribution >= 0.6 is 0 Å². The molecule has 0 fully saturated rings. The third-order valence-corrected chi connectivity index (χ3v) is 7.89. The molecular weight excluding hydrogens is 450 g/mol. The molecule has 1 N–H and O–H groups in total. The fourth-order valence-electron chi connectivity index (χ4n) is 6.12. The van der Waals surface area contributed by atoms with Crippen LogP contribution < -0.4 is 10.2 Å². The maximum Gasteiger partial charge on any atom is 0.282 e. The molecule has 2 aliphatic heterocycles. The maximum atomic E-state index is 3.98. The fourth-order valence-corrected chi connectivity index (χ4v) is 6.12. The van der Waals surface area contributed by atoms with E-state index in [-0.39, 0.29) is 12.1 Å². The molecule has 0 aromatic heterocycles. The van der Waals surface area contributed by atoms with Crippen LogP contribution in [0.2, 0.25) is 0 Å². The Kier molecular flexibility index (Phi) is 6.08. The minimum Gasteiger partial charge on any atom is -0.303 e. The lowest BCUT2D eigenvalue weighted by molar-refractivity contribution is -0.566. The zero-order valence-electron chi connectivity index (χ0n) is 22.2. The molecule has 0 saturated heterocycles. The molecule has 0 radical (unpaired) electrons. The van der Waals surface area contributed by atoms with Gasteiger partial charge in [0.1, 0.15) is 0 Å². The summed E-state index contributed by atoms with van der Waals surface area (Å²) in [7, 11) is 0. The molecule has 0 aliphatic carbocycles. The lowest BCUT2D eigenvalue weighted by Gasteiger charge is -2.35. The van der Waals surface area contributed by atoms with E-state index in [0.29, 0.717) is 11.8 Å². The van der Waals surface area contributed by atoms with E-state index >= 15 is 0 Å². The van der Waals surface area contributed by atoms with Crippen molar-refractivity contribution in [2.45, 2.75) is 51.6 Å². The minimum atomic E-state index is 0.163. The summed E-state index contributed by atoms with van der Waals surface area (Å²) in [6.45, 7) is 10.0. The molecule has 0 bridgehead atoms. The van der Waals surface area contributed by atoms with E-state index in [1.54, 1.807) is 0 Å². The van der Waals surface area contributed by atoms with Crippen LogP contribution in [-0.4, -0.2) is 17.1 Å². The second-order valence-corrected chi connectivity index (χ2v) is 10.9. The van der Waals surface area contributed by atoms with E-state index < -0.39 is 0 Å². The number of fused-ring (bicyclic) bond motifs is 2. The van der Waals surface area contributed by atoms with Gasteiger partial charge in [0.2, 0.25) is 0 Å². The van der Waals surface area contributed by atoms with Crippen molar-refractivity contribution in [3.8, 4) is 0 Å². The quantitative estimate of drug-likeness (QED) is 0.289. The number of nitrogens with zero attached hydrogens (tertiary/aromatic N) is 2. The van der Waals surface area contributed by atoms with Crippen molar-refractivity contribution in [3.05, 3.63) is 131 Å². The highest BCUT2D eigenvalue weighted by atomic mass is 15.4. The van der Waals surface area contributed by atoms with Crippen molar-refractivity contribution in [3.63, 3.8) is 0 Å². The van der Waals surface area contributed by atoms with Gasteiger partial charge >= 0.3 is 0 Å². The van der Waals surface area contributed by atoms with Crippen LogP contribution in [0.15, 0.2) is 103 Å². The standard InChI is InChI=1S/C34H35N3/c1-23(2)27-19-13-20-28(24(3)4)33(27)36-22-37-32(26-16-9-6-10-17-26)31(25-14-7-5-8-15-25)35-34(37)29-18-11-12-21-30(29)36/h5-21,23-24,31-32H,22H2,1-4H3/p+1. The molecule has 37 heavy (non-hydrogen) atoms. The predicted octanol–water partition coefficient (Wildman–Crippen LogP) is 7.89. The Morgan fingerprint density at radius 1 is 0.676 bits per heavy atom. The highest BCUT2D eigenvalue weighted by molar-refractivity contribution is 6.03. The van der Waals surface area contributed by atoms with Gasteiger partial charge in [-0.1, -0.05) is 119 Å².